The maximum absolute atomic E-state index is 11.4. The average Bonchev–Trinajstić information content (AvgIpc) is 2.67. The van der Waals surface area contributed by atoms with E-state index in [2.05, 4.69) is 24.3 Å². The van der Waals surface area contributed by atoms with Crippen molar-refractivity contribution in [2.45, 2.75) is 51.7 Å². The van der Waals surface area contributed by atoms with E-state index in [9.17, 15) is 4.79 Å². The summed E-state index contributed by atoms with van der Waals surface area (Å²) >= 11 is 0. The summed E-state index contributed by atoms with van der Waals surface area (Å²) in [6, 6.07) is 10.4. The van der Waals surface area contributed by atoms with Gasteiger partial charge in [-0.15, -0.1) is 0 Å². The smallest absolute Gasteiger partial charge is 0.308 e. The predicted molar refractivity (Wildman–Crippen MR) is 97.4 cm³/mol. The van der Waals surface area contributed by atoms with Crippen LogP contribution in [0.4, 0.5) is 0 Å². The number of carbonyl (C=O) groups excluding carboxylic acids is 1. The quantitative estimate of drug-likeness (QED) is 0.825. The zero-order valence-electron chi connectivity index (χ0n) is 15.6. The molecule has 2 rings (SSSR count). The Bertz CT molecular complexity index is 462. The number of esters is 1. The molecule has 1 aliphatic rings. The van der Waals surface area contributed by atoms with Gasteiger partial charge in [-0.1, -0.05) is 30.3 Å². The zero-order valence-corrected chi connectivity index (χ0v) is 15.6. The Labute approximate surface area is 151 Å². The van der Waals surface area contributed by atoms with Gasteiger partial charge in [0.05, 0.1) is 25.2 Å². The molecule has 0 aliphatic carbocycles. The Balaban J connectivity index is 0.000000381. The van der Waals surface area contributed by atoms with Crippen molar-refractivity contribution in [3.63, 3.8) is 0 Å². The van der Waals surface area contributed by atoms with Gasteiger partial charge in [0, 0.05) is 20.3 Å². The largest absolute Gasteiger partial charge is 0.463 e. The van der Waals surface area contributed by atoms with Crippen molar-refractivity contribution in [3.8, 4) is 0 Å². The molecule has 5 heteroatoms. The molecule has 1 saturated heterocycles. The SMILES string of the molecule is CC1CC(Cc2ccccc2)COCCC(=O)O1.COC(C)CCO. The van der Waals surface area contributed by atoms with E-state index >= 15 is 0 Å². The maximum atomic E-state index is 11.4. The van der Waals surface area contributed by atoms with Gasteiger partial charge in [-0.2, -0.15) is 0 Å². The van der Waals surface area contributed by atoms with E-state index in [-0.39, 0.29) is 24.8 Å². The van der Waals surface area contributed by atoms with Crippen LogP contribution < -0.4 is 0 Å². The van der Waals surface area contributed by atoms with Crippen molar-refractivity contribution in [1.29, 1.82) is 0 Å². The fourth-order valence-corrected chi connectivity index (χ4v) is 2.66. The first-order valence-electron chi connectivity index (χ1n) is 9.00. The summed E-state index contributed by atoms with van der Waals surface area (Å²) in [5.74, 6) is 0.260. The first-order valence-corrected chi connectivity index (χ1v) is 9.00. The molecule has 1 fully saturated rings. The highest BCUT2D eigenvalue weighted by atomic mass is 16.5. The summed E-state index contributed by atoms with van der Waals surface area (Å²) in [5.41, 5.74) is 1.31. The third-order valence-electron chi connectivity index (χ3n) is 4.11. The van der Waals surface area contributed by atoms with Gasteiger partial charge in [0.25, 0.3) is 0 Å². The first-order chi connectivity index (χ1) is 12.0. The topological polar surface area (TPSA) is 65.0 Å². The number of aliphatic hydroxyl groups is 1. The highest BCUT2D eigenvalue weighted by molar-refractivity contribution is 5.69. The van der Waals surface area contributed by atoms with Gasteiger partial charge in [0.15, 0.2) is 0 Å². The van der Waals surface area contributed by atoms with Crippen molar-refractivity contribution < 1.29 is 24.1 Å². The molecule has 142 valence electrons. The molecule has 0 saturated carbocycles. The van der Waals surface area contributed by atoms with Crippen LogP contribution in [0, 0.1) is 5.92 Å². The molecule has 1 heterocycles. The molecular weight excluding hydrogens is 320 g/mol. The van der Waals surface area contributed by atoms with E-state index < -0.39 is 0 Å². The number of aliphatic hydroxyl groups excluding tert-OH is 1. The minimum atomic E-state index is -0.150. The minimum Gasteiger partial charge on any atom is -0.463 e. The van der Waals surface area contributed by atoms with Crippen molar-refractivity contribution in [2.75, 3.05) is 26.9 Å². The molecule has 0 aromatic heterocycles. The lowest BCUT2D eigenvalue weighted by molar-refractivity contribution is -0.148. The molecule has 0 amide bonds. The van der Waals surface area contributed by atoms with Crippen LogP contribution >= 0.6 is 0 Å². The second-order valence-corrected chi connectivity index (χ2v) is 6.48. The molecule has 0 spiro atoms. The molecule has 5 nitrogen and oxygen atoms in total. The Hall–Kier alpha value is -1.43. The third-order valence-corrected chi connectivity index (χ3v) is 4.11. The summed E-state index contributed by atoms with van der Waals surface area (Å²) in [5, 5.41) is 8.29. The molecule has 25 heavy (non-hydrogen) atoms. The van der Waals surface area contributed by atoms with Crippen LogP contribution in [0.3, 0.4) is 0 Å². The Kier molecular flexibility index (Phi) is 11.1. The normalized spacial score (nSPS) is 22.5. The average molecular weight is 352 g/mol. The van der Waals surface area contributed by atoms with Gasteiger partial charge in [0.2, 0.25) is 0 Å². The van der Waals surface area contributed by atoms with Crippen molar-refractivity contribution >= 4 is 5.97 Å². The van der Waals surface area contributed by atoms with Crippen molar-refractivity contribution in [1.82, 2.24) is 0 Å². The van der Waals surface area contributed by atoms with Gasteiger partial charge < -0.3 is 19.3 Å². The summed E-state index contributed by atoms with van der Waals surface area (Å²) in [7, 11) is 1.64. The fraction of sp³-hybridized carbons (Fsp3) is 0.650. The number of benzene rings is 1. The van der Waals surface area contributed by atoms with Crippen LogP contribution in [0.15, 0.2) is 30.3 Å². The molecule has 3 atom stereocenters. The molecule has 0 bridgehead atoms. The number of methoxy groups -OCH3 is 1. The predicted octanol–water partition coefficient (Wildman–Crippen LogP) is 2.99. The zero-order chi connectivity index (χ0) is 18.5. The summed E-state index contributed by atoms with van der Waals surface area (Å²) in [4.78, 5) is 11.4. The van der Waals surface area contributed by atoms with Crippen LogP contribution in [-0.2, 0) is 25.4 Å². The number of hydrogen-bond donors (Lipinski definition) is 1. The highest BCUT2D eigenvalue weighted by Gasteiger charge is 2.19. The molecule has 1 aromatic carbocycles. The molecule has 1 aliphatic heterocycles. The van der Waals surface area contributed by atoms with Gasteiger partial charge in [-0.25, -0.2) is 0 Å². The number of carbonyl (C=O) groups is 1. The standard InChI is InChI=1S/C15H20O3.C5H12O2/c1-12-9-14(10-13-5-3-2-4-6-13)11-17-8-7-15(16)18-12;1-5(7-2)3-4-6/h2-6,12,14H,7-11H2,1H3;5-6H,3-4H2,1-2H3. The number of hydrogen-bond acceptors (Lipinski definition) is 5. The van der Waals surface area contributed by atoms with Crippen LogP contribution in [0.1, 0.15) is 38.7 Å². The number of ether oxygens (including phenoxy) is 3. The molecule has 0 radical (unpaired) electrons. The van der Waals surface area contributed by atoms with E-state index in [4.69, 9.17) is 19.3 Å². The van der Waals surface area contributed by atoms with Crippen molar-refractivity contribution in [2.24, 2.45) is 5.92 Å². The van der Waals surface area contributed by atoms with Gasteiger partial charge in [-0.05, 0) is 44.6 Å². The highest BCUT2D eigenvalue weighted by Crippen LogP contribution is 2.18. The monoisotopic (exact) mass is 352 g/mol. The van der Waals surface area contributed by atoms with Gasteiger partial charge in [0.1, 0.15) is 0 Å². The first kappa shape index (κ1) is 21.6. The Morgan fingerprint density at radius 2 is 2.04 bits per heavy atom. The second-order valence-electron chi connectivity index (χ2n) is 6.48. The molecular formula is C20H32O5. The van der Waals surface area contributed by atoms with E-state index in [1.54, 1.807) is 7.11 Å². The van der Waals surface area contributed by atoms with E-state index in [0.717, 1.165) is 19.3 Å². The number of rotatable bonds is 5. The van der Waals surface area contributed by atoms with Crippen LogP contribution in [0.2, 0.25) is 0 Å². The van der Waals surface area contributed by atoms with Crippen molar-refractivity contribution in [3.05, 3.63) is 35.9 Å². The fourth-order valence-electron chi connectivity index (χ4n) is 2.66. The molecule has 3 unspecified atom stereocenters. The molecule has 1 N–H and O–H groups in total. The second kappa shape index (κ2) is 12.9. The lowest BCUT2D eigenvalue weighted by atomic mass is 9.95. The maximum Gasteiger partial charge on any atom is 0.308 e. The Morgan fingerprint density at radius 1 is 1.32 bits per heavy atom. The van der Waals surface area contributed by atoms with E-state index in [1.807, 2.05) is 19.9 Å². The van der Waals surface area contributed by atoms with Crippen LogP contribution in [0.25, 0.3) is 0 Å². The van der Waals surface area contributed by atoms with E-state index in [1.165, 1.54) is 5.56 Å². The third kappa shape index (κ3) is 10.2. The molecule has 1 aromatic rings. The number of cyclic esters (lactones) is 1. The van der Waals surface area contributed by atoms with E-state index in [0.29, 0.717) is 25.6 Å². The van der Waals surface area contributed by atoms with Crippen LogP contribution in [0.5, 0.6) is 0 Å². The van der Waals surface area contributed by atoms with Gasteiger partial charge in [-0.3, -0.25) is 4.79 Å². The Morgan fingerprint density at radius 3 is 2.64 bits per heavy atom. The lowest BCUT2D eigenvalue weighted by Crippen LogP contribution is -2.20. The van der Waals surface area contributed by atoms with Crippen LogP contribution in [-0.4, -0.2) is 50.2 Å². The lowest BCUT2D eigenvalue weighted by Gasteiger charge is -2.19. The summed E-state index contributed by atoms with van der Waals surface area (Å²) in [6.07, 6.45) is 3.11. The minimum absolute atomic E-state index is 0.0205. The summed E-state index contributed by atoms with van der Waals surface area (Å²) in [6.45, 7) is 5.28. The summed E-state index contributed by atoms with van der Waals surface area (Å²) < 4.78 is 15.7. The van der Waals surface area contributed by atoms with Gasteiger partial charge >= 0.3 is 5.97 Å².